The van der Waals surface area contributed by atoms with E-state index in [0.717, 1.165) is 61.7 Å². The van der Waals surface area contributed by atoms with E-state index in [1.165, 1.54) is 76.2 Å². The molecular weight excluding hydrogens is 416 g/mol. The molecule has 1 heterocycles. The lowest BCUT2D eigenvalue weighted by atomic mass is 10.0. The largest absolute Gasteiger partial charge is 0.374 e. The van der Waals surface area contributed by atoms with Crippen LogP contribution in [0.3, 0.4) is 0 Å². The first kappa shape index (κ1) is 30.3. The molecule has 0 aromatic carbocycles. The number of unbranched alkanes of at least 4 members (excludes halogenated alkanes) is 10. The summed E-state index contributed by atoms with van der Waals surface area (Å²) in [7, 11) is 0. The van der Waals surface area contributed by atoms with Crippen LogP contribution in [0.15, 0.2) is 36.6 Å². The Morgan fingerprint density at radius 1 is 0.824 bits per heavy atom. The van der Waals surface area contributed by atoms with Crippen molar-refractivity contribution >= 4 is 13.2 Å². The number of hydrogen-bond acceptors (Lipinski definition) is 3. The van der Waals surface area contributed by atoms with Crippen molar-refractivity contribution < 1.29 is 0 Å². The van der Waals surface area contributed by atoms with Gasteiger partial charge in [-0.25, -0.2) is 0 Å². The summed E-state index contributed by atoms with van der Waals surface area (Å²) in [6, 6.07) is 4.03. The van der Waals surface area contributed by atoms with Gasteiger partial charge in [-0.15, -0.1) is 6.58 Å². The number of hydrogen-bond donors (Lipinski definition) is 3. The summed E-state index contributed by atoms with van der Waals surface area (Å²) in [5.74, 6) is 0. The average molecular weight is 471 g/mol. The first-order valence-electron chi connectivity index (χ1n) is 13.8. The minimum atomic E-state index is 0.270. The van der Waals surface area contributed by atoms with Crippen molar-refractivity contribution in [1.82, 2.24) is 15.2 Å². The molecular formula is C30H54N4. The van der Waals surface area contributed by atoms with Crippen molar-refractivity contribution in [2.24, 2.45) is 5.73 Å². The molecule has 1 unspecified atom stereocenters. The topological polar surface area (TPSA) is 55.0 Å². The van der Waals surface area contributed by atoms with Gasteiger partial charge in [0.25, 0.3) is 0 Å². The smallest absolute Gasteiger partial charge is 0.0765 e. The monoisotopic (exact) mass is 470 g/mol. The highest BCUT2D eigenvalue weighted by Crippen LogP contribution is 2.13. The zero-order chi connectivity index (χ0) is 25.0. The highest BCUT2D eigenvalue weighted by atomic mass is 15.1. The maximum atomic E-state index is 5.70. The van der Waals surface area contributed by atoms with Crippen LogP contribution in [0.25, 0.3) is 13.2 Å². The Morgan fingerprint density at radius 3 is 1.94 bits per heavy atom. The molecule has 0 spiro atoms. The fraction of sp³-hybridized carbons (Fsp3) is 0.667. The van der Waals surface area contributed by atoms with Gasteiger partial charge in [0.05, 0.1) is 6.17 Å². The molecule has 0 fully saturated rings. The number of nitrogens with zero attached hydrogens (tertiary/aromatic N) is 1. The number of nitrogens with one attached hydrogen (secondary N) is 2. The van der Waals surface area contributed by atoms with Crippen LogP contribution in [0.4, 0.5) is 0 Å². The zero-order valence-electron chi connectivity index (χ0n) is 22.3. The molecule has 0 saturated heterocycles. The Bertz CT molecular complexity index is 736. The summed E-state index contributed by atoms with van der Waals surface area (Å²) in [6.45, 7) is 21.2. The summed E-state index contributed by atoms with van der Waals surface area (Å²) in [4.78, 5) is 0. The van der Waals surface area contributed by atoms with Crippen molar-refractivity contribution in [1.29, 1.82) is 0 Å². The normalized spacial score (nSPS) is 12.1. The van der Waals surface area contributed by atoms with E-state index < -0.39 is 0 Å². The number of allylic oxidation sites excluding steroid dienone is 2. The lowest BCUT2D eigenvalue weighted by Crippen LogP contribution is -2.42. The highest BCUT2D eigenvalue weighted by Gasteiger charge is 2.08. The highest BCUT2D eigenvalue weighted by molar-refractivity contribution is 5.09. The van der Waals surface area contributed by atoms with E-state index in [-0.39, 0.29) is 6.17 Å². The van der Waals surface area contributed by atoms with E-state index in [0.29, 0.717) is 0 Å². The van der Waals surface area contributed by atoms with Crippen LogP contribution >= 0.6 is 0 Å². The molecule has 1 aromatic heterocycles. The van der Waals surface area contributed by atoms with Gasteiger partial charge < -0.3 is 15.6 Å². The molecule has 0 aliphatic rings. The van der Waals surface area contributed by atoms with Crippen molar-refractivity contribution in [3.8, 4) is 0 Å². The van der Waals surface area contributed by atoms with Crippen molar-refractivity contribution in [2.75, 3.05) is 13.1 Å². The molecule has 0 bridgehead atoms. The third-order valence-electron chi connectivity index (χ3n) is 6.55. The summed E-state index contributed by atoms with van der Waals surface area (Å²) in [6.07, 6.45) is 19.2. The quantitative estimate of drug-likeness (QED) is 0.109. The first-order valence-corrected chi connectivity index (χ1v) is 13.8. The fourth-order valence-corrected chi connectivity index (χ4v) is 4.37. The lowest BCUT2D eigenvalue weighted by molar-refractivity contribution is 0.402. The van der Waals surface area contributed by atoms with Crippen LogP contribution in [-0.2, 0) is 6.54 Å². The molecule has 194 valence electrons. The van der Waals surface area contributed by atoms with Crippen molar-refractivity contribution in [2.45, 2.75) is 116 Å². The van der Waals surface area contributed by atoms with E-state index in [1.54, 1.807) is 0 Å². The summed E-state index contributed by atoms with van der Waals surface area (Å²) in [5, 5.41) is 9.35. The second-order valence-electron chi connectivity index (χ2n) is 10.00. The van der Waals surface area contributed by atoms with Crippen LogP contribution in [0.5, 0.6) is 0 Å². The minimum Gasteiger partial charge on any atom is -0.374 e. The standard InChI is InChI=1S/C30H54N4/c1-26(2)18-14-12-10-8-6-7-9-11-13-17-24-32-30(19-15-16-23-31)33-27(3)22-25-34-28(4)20-21-29(34)5/h20-21,30,32-33H,1,3-19,22-25,31H2,2H3. The maximum Gasteiger partial charge on any atom is 0.0765 e. The Labute approximate surface area is 210 Å². The molecule has 1 rings (SSSR count). The third-order valence-corrected chi connectivity index (χ3v) is 6.55. The number of nitrogens with two attached hydrogens (primary N) is 1. The molecule has 4 nitrogen and oxygen atoms in total. The number of aromatic nitrogens is 1. The van der Waals surface area contributed by atoms with Gasteiger partial charge in [-0.05, 0) is 70.7 Å². The third kappa shape index (κ3) is 15.2. The SMILES string of the molecule is C=C(C)CCCCCCCCCCCCNC(CCCCN)NC(=C)CCn1c(=C)ccc1=C. The van der Waals surface area contributed by atoms with Gasteiger partial charge in [-0.1, -0.05) is 76.7 Å². The van der Waals surface area contributed by atoms with Gasteiger partial charge in [0.15, 0.2) is 0 Å². The van der Waals surface area contributed by atoms with Crippen LogP contribution in [0.1, 0.15) is 103 Å². The van der Waals surface area contributed by atoms with Gasteiger partial charge in [0.1, 0.15) is 0 Å². The predicted octanol–water partition coefficient (Wildman–Crippen LogP) is 5.71. The lowest BCUT2D eigenvalue weighted by Gasteiger charge is -2.23. The fourth-order valence-electron chi connectivity index (χ4n) is 4.37. The summed E-state index contributed by atoms with van der Waals surface area (Å²) >= 11 is 0. The maximum absolute atomic E-state index is 5.70. The molecule has 34 heavy (non-hydrogen) atoms. The molecule has 4 N–H and O–H groups in total. The van der Waals surface area contributed by atoms with E-state index in [9.17, 15) is 0 Å². The van der Waals surface area contributed by atoms with Gasteiger partial charge in [-0.3, -0.25) is 5.32 Å². The molecule has 4 heteroatoms. The molecule has 1 aromatic rings. The van der Waals surface area contributed by atoms with Crippen molar-refractivity contribution in [3.63, 3.8) is 0 Å². The van der Waals surface area contributed by atoms with E-state index in [2.05, 4.69) is 48.4 Å². The second-order valence-corrected chi connectivity index (χ2v) is 10.00. The van der Waals surface area contributed by atoms with E-state index in [4.69, 9.17) is 5.73 Å². The van der Waals surface area contributed by atoms with Crippen molar-refractivity contribution in [3.05, 3.63) is 47.3 Å². The Morgan fingerprint density at radius 2 is 1.38 bits per heavy atom. The first-order chi connectivity index (χ1) is 16.4. The van der Waals surface area contributed by atoms with Crippen LogP contribution in [0, 0.1) is 0 Å². The molecule has 0 radical (unpaired) electrons. The summed E-state index contributed by atoms with van der Waals surface area (Å²) < 4.78 is 2.15. The average Bonchev–Trinajstić information content (AvgIpc) is 3.12. The molecule has 0 aliphatic heterocycles. The Hall–Kier alpha value is -1.78. The van der Waals surface area contributed by atoms with Crippen LogP contribution in [-0.4, -0.2) is 23.8 Å². The number of rotatable bonds is 23. The zero-order valence-corrected chi connectivity index (χ0v) is 22.3. The Balaban J connectivity index is 2.14. The van der Waals surface area contributed by atoms with Gasteiger partial charge in [-0.2, -0.15) is 0 Å². The molecule has 1 atom stereocenters. The Kier molecular flexibility index (Phi) is 17.4. The predicted molar refractivity (Wildman–Crippen MR) is 152 cm³/mol. The summed E-state index contributed by atoms with van der Waals surface area (Å²) in [5.41, 5.74) is 8.09. The molecule has 0 aliphatic carbocycles. The minimum absolute atomic E-state index is 0.270. The van der Waals surface area contributed by atoms with Crippen LogP contribution < -0.4 is 27.1 Å². The second kappa shape index (κ2) is 19.5. The van der Waals surface area contributed by atoms with Crippen LogP contribution in [0.2, 0.25) is 0 Å². The van der Waals surface area contributed by atoms with Gasteiger partial charge >= 0.3 is 0 Å². The molecule has 0 amide bonds. The van der Waals surface area contributed by atoms with E-state index in [1.807, 2.05) is 12.1 Å². The van der Waals surface area contributed by atoms with E-state index >= 15 is 0 Å². The van der Waals surface area contributed by atoms with Gasteiger partial charge in [0, 0.05) is 29.4 Å². The van der Waals surface area contributed by atoms with Gasteiger partial charge in [0.2, 0.25) is 0 Å². The molecule has 0 saturated carbocycles.